The highest BCUT2D eigenvalue weighted by Crippen LogP contribution is 2.39. The molecule has 0 bridgehead atoms. The van der Waals surface area contributed by atoms with E-state index >= 15 is 0 Å². The average Bonchev–Trinajstić information content (AvgIpc) is 3.52. The van der Waals surface area contributed by atoms with Crippen LogP contribution in [-0.4, -0.2) is 82.3 Å². The summed E-state index contributed by atoms with van der Waals surface area (Å²) in [7, 11) is 0. The van der Waals surface area contributed by atoms with E-state index in [0.29, 0.717) is 54.6 Å². The fraction of sp³-hybridized carbons (Fsp3) is 0.680. The van der Waals surface area contributed by atoms with Crippen molar-refractivity contribution in [2.45, 2.75) is 64.3 Å². The second kappa shape index (κ2) is 9.59. The molecular formula is C25H32F3N5O3S. The first-order valence-corrected chi connectivity index (χ1v) is 13.5. The summed E-state index contributed by atoms with van der Waals surface area (Å²) in [5.74, 6) is 1.23. The van der Waals surface area contributed by atoms with Crippen molar-refractivity contribution in [1.82, 2.24) is 19.8 Å². The largest absolute Gasteiger partial charge is 0.444 e. The Morgan fingerprint density at radius 1 is 1.08 bits per heavy atom. The lowest BCUT2D eigenvalue weighted by Gasteiger charge is -2.37. The molecule has 0 aliphatic carbocycles. The highest BCUT2D eigenvalue weighted by molar-refractivity contribution is 7.18. The maximum absolute atomic E-state index is 13.5. The standard InChI is InChI=1S/C25H32F3N5O3S/c1-24(2,3)36-23(35)33-7-4-5-19(33)22(34)31-8-6-15-11-32(13-16(15)12-31)20-18-9-17(10-25(26,27)28)37-21(18)30-14-29-20/h9,14-16,19H,4-8,10-13H2,1-3H3/t15-,16+,19-/m0/s1. The smallest absolute Gasteiger partial charge is 0.410 e. The molecule has 8 nitrogen and oxygen atoms in total. The number of alkyl halides is 3. The number of amides is 2. The monoisotopic (exact) mass is 539 g/mol. The van der Waals surface area contributed by atoms with E-state index in [1.54, 1.807) is 11.0 Å². The molecular weight excluding hydrogens is 507 g/mol. The fourth-order valence-corrected chi connectivity index (χ4v) is 6.77. The molecule has 0 unspecified atom stereocenters. The van der Waals surface area contributed by atoms with Crippen molar-refractivity contribution in [2.75, 3.05) is 37.6 Å². The van der Waals surface area contributed by atoms with Crippen molar-refractivity contribution in [1.29, 1.82) is 0 Å². The van der Waals surface area contributed by atoms with Crippen molar-refractivity contribution in [3.8, 4) is 0 Å². The van der Waals surface area contributed by atoms with Crippen molar-refractivity contribution in [3.05, 3.63) is 17.3 Å². The molecule has 3 atom stereocenters. The molecule has 2 aromatic heterocycles. The van der Waals surface area contributed by atoms with E-state index in [2.05, 4.69) is 14.9 Å². The zero-order chi connectivity index (χ0) is 26.5. The number of thiophene rings is 1. The summed E-state index contributed by atoms with van der Waals surface area (Å²) >= 11 is 1.05. The van der Waals surface area contributed by atoms with Gasteiger partial charge >= 0.3 is 12.3 Å². The van der Waals surface area contributed by atoms with E-state index in [1.165, 1.54) is 6.33 Å². The summed E-state index contributed by atoms with van der Waals surface area (Å²) in [5.41, 5.74) is -0.624. The Morgan fingerprint density at radius 2 is 1.84 bits per heavy atom. The van der Waals surface area contributed by atoms with E-state index < -0.39 is 30.3 Å². The molecule has 3 saturated heterocycles. The third-order valence-corrected chi connectivity index (χ3v) is 8.36. The van der Waals surface area contributed by atoms with Gasteiger partial charge in [-0.15, -0.1) is 11.3 Å². The zero-order valence-electron chi connectivity index (χ0n) is 21.3. The Morgan fingerprint density at radius 3 is 2.57 bits per heavy atom. The number of hydrogen-bond donors (Lipinski definition) is 0. The molecule has 3 aliphatic heterocycles. The number of likely N-dealkylation sites (tertiary alicyclic amines) is 2. The van der Waals surface area contributed by atoms with Crippen molar-refractivity contribution >= 4 is 39.4 Å². The van der Waals surface area contributed by atoms with E-state index in [0.717, 1.165) is 30.7 Å². The summed E-state index contributed by atoms with van der Waals surface area (Å²) in [4.78, 5) is 41.1. The minimum absolute atomic E-state index is 0.0284. The zero-order valence-corrected chi connectivity index (χ0v) is 22.1. The maximum Gasteiger partial charge on any atom is 0.410 e. The maximum atomic E-state index is 13.5. The second-order valence-corrected chi connectivity index (χ2v) is 12.4. The Balaban J connectivity index is 1.26. The number of piperidine rings is 1. The molecule has 202 valence electrons. The highest BCUT2D eigenvalue weighted by Gasteiger charge is 2.43. The van der Waals surface area contributed by atoms with Gasteiger partial charge in [0.2, 0.25) is 5.91 Å². The van der Waals surface area contributed by atoms with Gasteiger partial charge in [-0.3, -0.25) is 9.69 Å². The number of aromatic nitrogens is 2. The first-order chi connectivity index (χ1) is 17.4. The van der Waals surface area contributed by atoms with Crippen LogP contribution >= 0.6 is 11.3 Å². The SMILES string of the molecule is CC(C)(C)OC(=O)N1CCC[C@H]1C(=O)N1CC[C@H]2CN(c3ncnc4sc(CC(F)(F)F)cc34)C[C@H]2C1. The van der Waals surface area contributed by atoms with Gasteiger partial charge in [0.05, 0.1) is 11.8 Å². The van der Waals surface area contributed by atoms with Gasteiger partial charge in [-0.25, -0.2) is 14.8 Å². The lowest BCUT2D eigenvalue weighted by atomic mass is 9.88. The van der Waals surface area contributed by atoms with Crippen molar-refractivity contribution in [2.24, 2.45) is 11.8 Å². The topological polar surface area (TPSA) is 78.9 Å². The first-order valence-electron chi connectivity index (χ1n) is 12.7. The van der Waals surface area contributed by atoms with E-state index in [9.17, 15) is 22.8 Å². The van der Waals surface area contributed by atoms with E-state index in [-0.39, 0.29) is 16.7 Å². The van der Waals surface area contributed by atoms with Crippen LogP contribution in [0.1, 0.15) is 44.9 Å². The predicted octanol–water partition coefficient (Wildman–Crippen LogP) is 4.48. The lowest BCUT2D eigenvalue weighted by molar-refractivity contribution is -0.138. The minimum Gasteiger partial charge on any atom is -0.444 e. The number of ether oxygens (including phenoxy) is 1. The van der Waals surface area contributed by atoms with Gasteiger partial charge in [0.1, 0.15) is 28.6 Å². The van der Waals surface area contributed by atoms with Crippen LogP contribution in [0, 0.1) is 11.8 Å². The number of fused-ring (bicyclic) bond motifs is 2. The van der Waals surface area contributed by atoms with E-state index in [1.807, 2.05) is 25.7 Å². The Bertz CT molecular complexity index is 1180. The summed E-state index contributed by atoms with van der Waals surface area (Å²) in [6.45, 7) is 8.59. The Labute approximate surface area is 217 Å². The van der Waals surface area contributed by atoms with Crippen LogP contribution in [0.2, 0.25) is 0 Å². The quantitative estimate of drug-likeness (QED) is 0.573. The molecule has 37 heavy (non-hydrogen) atoms. The van der Waals surface area contributed by atoms with Gasteiger partial charge in [-0.2, -0.15) is 13.2 Å². The number of hydrogen-bond acceptors (Lipinski definition) is 7. The summed E-state index contributed by atoms with van der Waals surface area (Å²) < 4.78 is 44.3. The molecule has 2 aromatic rings. The normalized spacial score (nSPS) is 24.6. The molecule has 0 spiro atoms. The molecule has 0 N–H and O–H groups in total. The molecule has 5 rings (SSSR count). The van der Waals surface area contributed by atoms with Crippen LogP contribution in [0.5, 0.6) is 0 Å². The van der Waals surface area contributed by atoms with Gasteiger partial charge in [-0.1, -0.05) is 0 Å². The number of halogens is 3. The number of nitrogens with zero attached hydrogens (tertiary/aromatic N) is 5. The van der Waals surface area contributed by atoms with Crippen molar-refractivity contribution in [3.63, 3.8) is 0 Å². The number of anilines is 1. The van der Waals surface area contributed by atoms with Crippen LogP contribution in [-0.2, 0) is 16.0 Å². The number of rotatable bonds is 3. The van der Waals surface area contributed by atoms with Crippen LogP contribution in [0.3, 0.4) is 0 Å². The highest BCUT2D eigenvalue weighted by atomic mass is 32.1. The average molecular weight is 540 g/mol. The van der Waals surface area contributed by atoms with Crippen LogP contribution in [0.25, 0.3) is 10.2 Å². The molecule has 3 fully saturated rings. The number of carbonyl (C=O) groups is 2. The third-order valence-electron chi connectivity index (χ3n) is 7.31. The second-order valence-electron chi connectivity index (χ2n) is 11.3. The van der Waals surface area contributed by atoms with Gasteiger partial charge < -0.3 is 14.5 Å². The van der Waals surface area contributed by atoms with E-state index in [4.69, 9.17) is 4.74 Å². The number of carbonyl (C=O) groups excluding carboxylic acids is 2. The molecule has 3 aliphatic rings. The molecule has 2 amide bonds. The Hall–Kier alpha value is -2.63. The summed E-state index contributed by atoms with van der Waals surface area (Å²) in [5, 5.41) is 0.650. The molecule has 0 radical (unpaired) electrons. The molecule has 0 aromatic carbocycles. The van der Waals surface area contributed by atoms with Crippen LogP contribution < -0.4 is 4.90 Å². The van der Waals surface area contributed by atoms with Gasteiger partial charge in [-0.05, 0) is 57.9 Å². The van der Waals surface area contributed by atoms with Crippen LogP contribution in [0.15, 0.2) is 12.4 Å². The molecule has 0 saturated carbocycles. The summed E-state index contributed by atoms with van der Waals surface area (Å²) in [6.07, 6.45) is -2.05. The Kier molecular flexibility index (Phi) is 6.74. The minimum atomic E-state index is -4.27. The van der Waals surface area contributed by atoms with Gasteiger partial charge in [0, 0.05) is 37.6 Å². The van der Waals surface area contributed by atoms with Crippen LogP contribution in [0.4, 0.5) is 23.8 Å². The first kappa shape index (κ1) is 26.0. The fourth-order valence-electron chi connectivity index (χ4n) is 5.74. The predicted molar refractivity (Wildman–Crippen MR) is 134 cm³/mol. The lowest BCUT2D eigenvalue weighted by Crippen LogP contribution is -2.52. The van der Waals surface area contributed by atoms with Crippen molar-refractivity contribution < 1.29 is 27.5 Å². The summed E-state index contributed by atoms with van der Waals surface area (Å²) in [6, 6.07) is 1.06. The third kappa shape index (κ3) is 5.63. The van der Waals surface area contributed by atoms with Gasteiger partial charge in [0.25, 0.3) is 0 Å². The molecule has 5 heterocycles. The van der Waals surface area contributed by atoms with Gasteiger partial charge in [0.15, 0.2) is 0 Å². The molecule has 12 heteroatoms.